The second kappa shape index (κ2) is 3.90. The van der Waals surface area contributed by atoms with Crippen LogP contribution in [0.15, 0.2) is 16.7 Å². The summed E-state index contributed by atoms with van der Waals surface area (Å²) in [5.41, 5.74) is 2.91. The number of ether oxygens (including phenoxy) is 1. The normalized spacial score (nSPS) is 10.8. The number of methoxy groups -OCH3 is 1. The number of rotatable bonds is 1. The molecule has 84 valence electrons. The van der Waals surface area contributed by atoms with E-state index in [0.29, 0.717) is 11.4 Å². The molecule has 0 fully saturated rings. The largest absolute Gasteiger partial charge is 0.464 e. The van der Waals surface area contributed by atoms with Gasteiger partial charge in [-0.2, -0.15) is 0 Å². The molecule has 0 spiro atoms. The summed E-state index contributed by atoms with van der Waals surface area (Å²) in [6, 6.07) is 1.96. The summed E-state index contributed by atoms with van der Waals surface area (Å²) in [5.74, 6) is -0.373. The second-order valence-corrected chi connectivity index (χ2v) is 4.45. The quantitative estimate of drug-likeness (QED) is 0.755. The van der Waals surface area contributed by atoms with Gasteiger partial charge in [-0.15, -0.1) is 0 Å². The predicted octanol–water partition coefficient (Wildman–Crippen LogP) is 2.50. The average Bonchev–Trinajstić information content (AvgIpc) is 2.54. The molecule has 0 aliphatic carbocycles. The summed E-state index contributed by atoms with van der Waals surface area (Å²) in [6.07, 6.45) is 1.87. The number of carbonyl (C=O) groups excluding carboxylic acids is 1. The Morgan fingerprint density at radius 2 is 2.19 bits per heavy atom. The smallest absolute Gasteiger partial charge is 0.356 e. The number of halogens is 1. The Morgan fingerprint density at radius 1 is 1.50 bits per heavy atom. The van der Waals surface area contributed by atoms with Crippen molar-refractivity contribution < 1.29 is 9.53 Å². The van der Waals surface area contributed by atoms with E-state index in [1.54, 1.807) is 11.3 Å². The van der Waals surface area contributed by atoms with Gasteiger partial charge >= 0.3 is 5.97 Å². The molecule has 0 amide bonds. The molecule has 2 aromatic rings. The highest BCUT2D eigenvalue weighted by Crippen LogP contribution is 2.22. The average molecular weight is 283 g/mol. The number of hydrogen-bond acceptors (Lipinski definition) is 3. The summed E-state index contributed by atoms with van der Waals surface area (Å²) in [6.45, 7) is 3.75. The molecule has 4 nitrogen and oxygen atoms in total. The molecule has 0 N–H and O–H groups in total. The molecule has 5 heteroatoms. The fourth-order valence-electron chi connectivity index (χ4n) is 1.69. The van der Waals surface area contributed by atoms with Gasteiger partial charge in [0.15, 0.2) is 11.3 Å². The summed E-state index contributed by atoms with van der Waals surface area (Å²) in [7, 11) is 1.37. The maximum Gasteiger partial charge on any atom is 0.356 e. The van der Waals surface area contributed by atoms with Crippen LogP contribution in [0.2, 0.25) is 0 Å². The molecule has 2 heterocycles. The molecule has 0 aliphatic heterocycles. The zero-order valence-corrected chi connectivity index (χ0v) is 10.8. The molecule has 0 aromatic carbocycles. The highest BCUT2D eigenvalue weighted by atomic mass is 79.9. The fourth-order valence-corrected chi connectivity index (χ4v) is 2.33. The van der Waals surface area contributed by atoms with Gasteiger partial charge in [-0.1, -0.05) is 0 Å². The SMILES string of the molecule is COC(=O)c1c(C)nc2c(Br)cc(C)cn12. The van der Waals surface area contributed by atoms with E-state index in [0.717, 1.165) is 15.7 Å². The number of aromatic nitrogens is 2. The summed E-state index contributed by atoms with van der Waals surface area (Å²) in [4.78, 5) is 16.0. The Labute approximate surface area is 101 Å². The zero-order valence-electron chi connectivity index (χ0n) is 9.24. The molecular formula is C11H11BrN2O2. The first kappa shape index (κ1) is 11.1. The first-order chi connectivity index (χ1) is 7.54. The van der Waals surface area contributed by atoms with Crippen LogP contribution >= 0.6 is 15.9 Å². The van der Waals surface area contributed by atoms with Crippen molar-refractivity contribution in [2.45, 2.75) is 13.8 Å². The lowest BCUT2D eigenvalue weighted by atomic mass is 10.3. The van der Waals surface area contributed by atoms with Gasteiger partial charge in [-0.25, -0.2) is 9.78 Å². The first-order valence-electron chi connectivity index (χ1n) is 4.77. The van der Waals surface area contributed by atoms with Crippen LogP contribution in [0.1, 0.15) is 21.7 Å². The second-order valence-electron chi connectivity index (χ2n) is 3.60. The summed E-state index contributed by atoms with van der Waals surface area (Å²) < 4.78 is 7.37. The number of nitrogens with zero attached hydrogens (tertiary/aromatic N) is 2. The number of imidazole rings is 1. The highest BCUT2D eigenvalue weighted by Gasteiger charge is 2.18. The van der Waals surface area contributed by atoms with E-state index in [-0.39, 0.29) is 5.97 Å². The Bertz CT molecular complexity index is 575. The highest BCUT2D eigenvalue weighted by molar-refractivity contribution is 9.10. The van der Waals surface area contributed by atoms with E-state index >= 15 is 0 Å². The van der Waals surface area contributed by atoms with Crippen molar-refractivity contribution in [3.05, 3.63) is 33.7 Å². The van der Waals surface area contributed by atoms with Crippen molar-refractivity contribution in [2.75, 3.05) is 7.11 Å². The minimum absolute atomic E-state index is 0.373. The molecular weight excluding hydrogens is 272 g/mol. The van der Waals surface area contributed by atoms with E-state index in [2.05, 4.69) is 20.9 Å². The van der Waals surface area contributed by atoms with Crippen LogP contribution in [-0.2, 0) is 4.74 Å². The zero-order chi connectivity index (χ0) is 11.9. The maximum atomic E-state index is 11.6. The van der Waals surface area contributed by atoms with Gasteiger partial charge in [-0.3, -0.25) is 4.40 Å². The monoisotopic (exact) mass is 282 g/mol. The van der Waals surface area contributed by atoms with Crippen LogP contribution in [0.25, 0.3) is 5.65 Å². The van der Waals surface area contributed by atoms with E-state index in [4.69, 9.17) is 4.74 Å². The van der Waals surface area contributed by atoms with Crippen molar-refractivity contribution >= 4 is 27.5 Å². The minimum atomic E-state index is -0.373. The minimum Gasteiger partial charge on any atom is -0.464 e. The van der Waals surface area contributed by atoms with Gasteiger partial charge in [-0.05, 0) is 41.4 Å². The number of carbonyl (C=O) groups is 1. The molecule has 0 atom stereocenters. The van der Waals surface area contributed by atoms with Gasteiger partial charge < -0.3 is 4.74 Å². The third-order valence-electron chi connectivity index (χ3n) is 2.36. The Balaban J connectivity index is 2.83. The topological polar surface area (TPSA) is 43.6 Å². The molecule has 0 radical (unpaired) electrons. The molecule has 2 aromatic heterocycles. The van der Waals surface area contributed by atoms with Gasteiger partial charge in [0.05, 0.1) is 17.3 Å². The van der Waals surface area contributed by atoms with Crippen LogP contribution in [0.3, 0.4) is 0 Å². The number of esters is 1. The van der Waals surface area contributed by atoms with Gasteiger partial charge in [0.2, 0.25) is 0 Å². The maximum absolute atomic E-state index is 11.6. The van der Waals surface area contributed by atoms with Crippen molar-refractivity contribution in [3.8, 4) is 0 Å². The van der Waals surface area contributed by atoms with Crippen molar-refractivity contribution in [2.24, 2.45) is 0 Å². The molecule has 0 aliphatic rings. The van der Waals surface area contributed by atoms with Crippen LogP contribution in [0, 0.1) is 13.8 Å². The molecule has 16 heavy (non-hydrogen) atoms. The van der Waals surface area contributed by atoms with Crippen LogP contribution in [0.5, 0.6) is 0 Å². The fraction of sp³-hybridized carbons (Fsp3) is 0.273. The lowest BCUT2D eigenvalue weighted by Crippen LogP contribution is -2.07. The summed E-state index contributed by atoms with van der Waals surface area (Å²) in [5, 5.41) is 0. The predicted molar refractivity (Wildman–Crippen MR) is 63.7 cm³/mol. The van der Waals surface area contributed by atoms with E-state index in [1.165, 1.54) is 7.11 Å². The number of pyridine rings is 1. The van der Waals surface area contributed by atoms with Crippen molar-refractivity contribution in [1.29, 1.82) is 0 Å². The molecule has 0 saturated carbocycles. The standard InChI is InChI=1S/C11H11BrN2O2/c1-6-4-8(12)10-13-7(2)9(11(15)16-3)14(10)5-6/h4-5H,1-3H3. The lowest BCUT2D eigenvalue weighted by molar-refractivity contribution is 0.0592. The molecule has 0 saturated heterocycles. The van der Waals surface area contributed by atoms with Gasteiger partial charge in [0.1, 0.15) is 0 Å². The summed E-state index contributed by atoms with van der Waals surface area (Å²) >= 11 is 3.43. The van der Waals surface area contributed by atoms with Crippen molar-refractivity contribution in [1.82, 2.24) is 9.38 Å². The third kappa shape index (κ3) is 1.61. The lowest BCUT2D eigenvalue weighted by Gasteiger charge is -2.03. The van der Waals surface area contributed by atoms with Gasteiger partial charge in [0.25, 0.3) is 0 Å². The molecule has 0 unspecified atom stereocenters. The number of hydrogen-bond donors (Lipinski definition) is 0. The Morgan fingerprint density at radius 3 is 2.81 bits per heavy atom. The Kier molecular flexibility index (Phi) is 2.71. The molecule has 2 rings (SSSR count). The number of aryl methyl sites for hydroxylation is 2. The number of fused-ring (bicyclic) bond motifs is 1. The van der Waals surface area contributed by atoms with Crippen LogP contribution in [0.4, 0.5) is 0 Å². The van der Waals surface area contributed by atoms with Crippen LogP contribution in [-0.4, -0.2) is 22.5 Å². The third-order valence-corrected chi connectivity index (χ3v) is 2.95. The van der Waals surface area contributed by atoms with Crippen molar-refractivity contribution in [3.63, 3.8) is 0 Å². The van der Waals surface area contributed by atoms with E-state index in [1.807, 2.05) is 19.2 Å². The van der Waals surface area contributed by atoms with Crippen LogP contribution < -0.4 is 0 Å². The van der Waals surface area contributed by atoms with E-state index < -0.39 is 0 Å². The first-order valence-corrected chi connectivity index (χ1v) is 5.57. The molecule has 0 bridgehead atoms. The Hall–Kier alpha value is -1.36. The van der Waals surface area contributed by atoms with Gasteiger partial charge in [0, 0.05) is 6.20 Å². The van der Waals surface area contributed by atoms with E-state index in [9.17, 15) is 4.79 Å².